The molecule has 2 aliphatic rings. The second kappa shape index (κ2) is 7.18. The van der Waals surface area contributed by atoms with E-state index in [1.54, 1.807) is 0 Å². The number of hydrogen-bond acceptors (Lipinski definition) is 5. The zero-order valence-corrected chi connectivity index (χ0v) is 16.2. The molecule has 0 atom stereocenters. The van der Waals surface area contributed by atoms with Crippen LogP contribution in [0.3, 0.4) is 0 Å². The Morgan fingerprint density at radius 1 is 1.25 bits per heavy atom. The van der Waals surface area contributed by atoms with Gasteiger partial charge in [-0.15, -0.1) is 10.2 Å². The van der Waals surface area contributed by atoms with Crippen molar-refractivity contribution < 1.29 is 9.59 Å². The molecule has 4 rings (SSSR count). The maximum atomic E-state index is 12.7. The number of halogens is 1. The zero-order chi connectivity index (χ0) is 19.9. The summed E-state index contributed by atoms with van der Waals surface area (Å²) in [6.07, 6.45) is 3.48. The van der Waals surface area contributed by atoms with Gasteiger partial charge in [0.1, 0.15) is 6.54 Å². The Kier molecular flexibility index (Phi) is 4.84. The SMILES string of the molecule is NC[C@]1(c2cccc(Cl)c2)CC[C@H](N2Cc3nnc(C(N)=O)n3CC2=O)CC1. The Labute approximate surface area is 167 Å². The van der Waals surface area contributed by atoms with Crippen molar-refractivity contribution in [3.05, 3.63) is 46.5 Å². The maximum absolute atomic E-state index is 12.7. The molecule has 0 bridgehead atoms. The van der Waals surface area contributed by atoms with Gasteiger partial charge < -0.3 is 16.4 Å². The predicted molar refractivity (Wildman–Crippen MR) is 104 cm³/mol. The number of benzene rings is 1. The molecule has 0 spiro atoms. The van der Waals surface area contributed by atoms with Gasteiger partial charge >= 0.3 is 0 Å². The van der Waals surface area contributed by atoms with E-state index in [0.717, 1.165) is 31.2 Å². The zero-order valence-electron chi connectivity index (χ0n) is 15.5. The summed E-state index contributed by atoms with van der Waals surface area (Å²) < 4.78 is 1.51. The van der Waals surface area contributed by atoms with Crippen molar-refractivity contribution in [2.75, 3.05) is 6.54 Å². The number of carbonyl (C=O) groups is 2. The molecule has 1 aliphatic heterocycles. The Morgan fingerprint density at radius 2 is 2.00 bits per heavy atom. The monoisotopic (exact) mass is 402 g/mol. The smallest absolute Gasteiger partial charge is 0.286 e. The van der Waals surface area contributed by atoms with Crippen LogP contribution in [0.25, 0.3) is 0 Å². The molecule has 0 radical (unpaired) electrons. The molecule has 4 N–H and O–H groups in total. The van der Waals surface area contributed by atoms with E-state index >= 15 is 0 Å². The summed E-state index contributed by atoms with van der Waals surface area (Å²) in [5.74, 6) is -0.0802. The summed E-state index contributed by atoms with van der Waals surface area (Å²) in [6.45, 7) is 0.939. The highest BCUT2D eigenvalue weighted by atomic mass is 35.5. The highest BCUT2D eigenvalue weighted by Crippen LogP contribution is 2.41. The number of fused-ring (bicyclic) bond motifs is 1. The van der Waals surface area contributed by atoms with Gasteiger partial charge in [0.2, 0.25) is 11.7 Å². The molecule has 1 saturated carbocycles. The molecule has 9 heteroatoms. The van der Waals surface area contributed by atoms with Crippen molar-refractivity contribution in [3.63, 3.8) is 0 Å². The lowest BCUT2D eigenvalue weighted by molar-refractivity contribution is -0.137. The first-order valence-electron chi connectivity index (χ1n) is 9.41. The highest BCUT2D eigenvalue weighted by Gasteiger charge is 2.40. The third kappa shape index (κ3) is 3.16. The van der Waals surface area contributed by atoms with Crippen molar-refractivity contribution in [3.8, 4) is 0 Å². The molecule has 2 aromatic rings. The van der Waals surface area contributed by atoms with Crippen molar-refractivity contribution in [2.45, 2.75) is 50.2 Å². The minimum atomic E-state index is -0.674. The second-order valence-electron chi connectivity index (χ2n) is 7.64. The number of carbonyl (C=O) groups excluding carboxylic acids is 2. The van der Waals surface area contributed by atoms with Crippen molar-refractivity contribution >= 4 is 23.4 Å². The molecule has 1 aromatic heterocycles. The Hall–Kier alpha value is -2.45. The summed E-state index contributed by atoms with van der Waals surface area (Å²) in [4.78, 5) is 26.0. The van der Waals surface area contributed by atoms with E-state index in [1.165, 1.54) is 4.57 Å². The van der Waals surface area contributed by atoms with Gasteiger partial charge in [0, 0.05) is 23.0 Å². The number of nitrogens with two attached hydrogens (primary N) is 2. The average Bonchev–Trinajstić information content (AvgIpc) is 3.10. The largest absolute Gasteiger partial charge is 0.363 e. The van der Waals surface area contributed by atoms with Gasteiger partial charge in [-0.2, -0.15) is 0 Å². The van der Waals surface area contributed by atoms with Gasteiger partial charge in [0.25, 0.3) is 5.91 Å². The lowest BCUT2D eigenvalue weighted by Crippen LogP contribution is -2.50. The van der Waals surface area contributed by atoms with Crippen LogP contribution in [0.5, 0.6) is 0 Å². The van der Waals surface area contributed by atoms with E-state index in [1.807, 2.05) is 23.1 Å². The van der Waals surface area contributed by atoms with Crippen LogP contribution in [0.2, 0.25) is 5.02 Å². The van der Waals surface area contributed by atoms with E-state index in [0.29, 0.717) is 23.9 Å². The summed E-state index contributed by atoms with van der Waals surface area (Å²) in [7, 11) is 0. The van der Waals surface area contributed by atoms with Crippen LogP contribution in [0.15, 0.2) is 24.3 Å². The van der Waals surface area contributed by atoms with Crippen molar-refractivity contribution in [1.82, 2.24) is 19.7 Å². The van der Waals surface area contributed by atoms with E-state index in [9.17, 15) is 9.59 Å². The number of rotatable bonds is 4. The highest BCUT2D eigenvalue weighted by molar-refractivity contribution is 6.30. The van der Waals surface area contributed by atoms with Crippen LogP contribution in [0, 0.1) is 0 Å². The van der Waals surface area contributed by atoms with E-state index in [-0.39, 0.29) is 29.7 Å². The number of primary amides is 1. The molecule has 0 unspecified atom stereocenters. The van der Waals surface area contributed by atoms with Crippen LogP contribution in [-0.4, -0.2) is 44.1 Å². The van der Waals surface area contributed by atoms with Gasteiger partial charge in [-0.25, -0.2) is 0 Å². The normalized spacial score (nSPS) is 24.9. The summed E-state index contributed by atoms with van der Waals surface area (Å²) in [6, 6.07) is 8.02. The number of amides is 2. The van der Waals surface area contributed by atoms with Crippen molar-refractivity contribution in [2.24, 2.45) is 11.5 Å². The molecule has 8 nitrogen and oxygen atoms in total. The topological polar surface area (TPSA) is 120 Å². The van der Waals surface area contributed by atoms with Crippen molar-refractivity contribution in [1.29, 1.82) is 0 Å². The van der Waals surface area contributed by atoms with E-state index < -0.39 is 5.91 Å². The molecular weight excluding hydrogens is 380 g/mol. The summed E-state index contributed by atoms with van der Waals surface area (Å²) in [5.41, 5.74) is 12.5. The molecule has 28 heavy (non-hydrogen) atoms. The molecule has 1 aliphatic carbocycles. The lowest BCUT2D eigenvalue weighted by atomic mass is 9.68. The lowest BCUT2D eigenvalue weighted by Gasteiger charge is -2.44. The van der Waals surface area contributed by atoms with Gasteiger partial charge in [0.15, 0.2) is 5.82 Å². The Bertz CT molecular complexity index is 919. The number of hydrogen-bond donors (Lipinski definition) is 2. The first kappa shape index (κ1) is 18.9. The molecule has 2 heterocycles. The Balaban J connectivity index is 1.50. The van der Waals surface area contributed by atoms with Crippen LogP contribution in [-0.2, 0) is 23.3 Å². The quantitative estimate of drug-likeness (QED) is 0.796. The van der Waals surface area contributed by atoms with Gasteiger partial charge in [-0.05, 0) is 43.4 Å². The molecule has 2 amide bonds. The van der Waals surface area contributed by atoms with E-state index in [2.05, 4.69) is 16.3 Å². The number of nitrogens with zero attached hydrogens (tertiary/aromatic N) is 4. The maximum Gasteiger partial charge on any atom is 0.286 e. The fourth-order valence-corrected chi connectivity index (χ4v) is 4.69. The fourth-order valence-electron chi connectivity index (χ4n) is 4.50. The molecule has 1 aromatic carbocycles. The third-order valence-corrected chi connectivity index (χ3v) is 6.39. The molecule has 1 fully saturated rings. The number of aromatic nitrogens is 3. The van der Waals surface area contributed by atoms with Gasteiger partial charge in [-0.1, -0.05) is 23.7 Å². The van der Waals surface area contributed by atoms with Gasteiger partial charge in [-0.3, -0.25) is 14.2 Å². The van der Waals surface area contributed by atoms with Crippen LogP contribution in [0.1, 0.15) is 47.7 Å². The molecule has 148 valence electrons. The third-order valence-electron chi connectivity index (χ3n) is 6.15. The predicted octanol–water partition coefficient (Wildman–Crippen LogP) is 1.21. The summed E-state index contributed by atoms with van der Waals surface area (Å²) in [5, 5.41) is 8.58. The minimum absolute atomic E-state index is 0.0368. The van der Waals surface area contributed by atoms with Crippen LogP contribution < -0.4 is 11.5 Å². The molecule has 0 saturated heterocycles. The first-order valence-corrected chi connectivity index (χ1v) is 9.79. The second-order valence-corrected chi connectivity index (χ2v) is 8.07. The fraction of sp³-hybridized carbons (Fsp3) is 0.474. The standard InChI is InChI=1S/C19H23ClN6O2/c20-13-3-1-2-12(8-13)19(11-21)6-4-14(5-7-19)25-9-15-23-24-18(17(22)28)26(15)10-16(25)27/h1-3,8,14H,4-7,9-11,21H2,(H2,22,28)/t14-,19-. The van der Waals surface area contributed by atoms with Crippen LogP contribution >= 0.6 is 11.6 Å². The summed E-state index contributed by atoms with van der Waals surface area (Å²) >= 11 is 6.18. The Morgan fingerprint density at radius 3 is 2.64 bits per heavy atom. The van der Waals surface area contributed by atoms with E-state index in [4.69, 9.17) is 23.1 Å². The molecular formula is C19H23ClN6O2. The average molecular weight is 403 g/mol. The van der Waals surface area contributed by atoms with Gasteiger partial charge in [0.05, 0.1) is 6.54 Å². The first-order chi connectivity index (χ1) is 13.4. The van der Waals surface area contributed by atoms with Crippen LogP contribution in [0.4, 0.5) is 0 Å². The minimum Gasteiger partial charge on any atom is -0.363 e.